The molecule has 14 heavy (non-hydrogen) atoms. The molecule has 1 aromatic heterocycles. The number of hydrogen-bond donors (Lipinski definition) is 1. The molecule has 0 radical (unpaired) electrons. The van der Waals surface area contributed by atoms with Gasteiger partial charge in [0.15, 0.2) is 0 Å². The molecule has 2 rings (SSSR count). The summed E-state index contributed by atoms with van der Waals surface area (Å²) in [5.74, 6) is 0. The van der Waals surface area contributed by atoms with E-state index in [0.717, 1.165) is 13.1 Å². The van der Waals surface area contributed by atoms with Gasteiger partial charge in [-0.15, -0.1) is 0 Å². The van der Waals surface area contributed by atoms with Gasteiger partial charge in [0, 0.05) is 38.9 Å². The molecule has 1 aliphatic heterocycles. The normalized spacial score (nSPS) is 23.1. The van der Waals surface area contributed by atoms with Crippen LogP contribution in [0.1, 0.15) is 12.1 Å². The Morgan fingerprint density at radius 3 is 3.07 bits per heavy atom. The van der Waals surface area contributed by atoms with Crippen LogP contribution in [0.15, 0.2) is 12.3 Å². The van der Waals surface area contributed by atoms with Gasteiger partial charge in [-0.05, 0) is 19.5 Å². The van der Waals surface area contributed by atoms with E-state index in [9.17, 15) is 0 Å². The minimum Gasteiger partial charge on any atom is -0.316 e. The van der Waals surface area contributed by atoms with Crippen LogP contribution in [0.4, 0.5) is 0 Å². The molecule has 78 valence electrons. The molecule has 0 aliphatic carbocycles. The molecule has 1 aromatic rings. The first-order chi connectivity index (χ1) is 6.78. The van der Waals surface area contributed by atoms with Gasteiger partial charge in [-0.25, -0.2) is 0 Å². The molecule has 1 saturated heterocycles. The van der Waals surface area contributed by atoms with Crippen LogP contribution in [0.2, 0.25) is 0 Å². The molecule has 1 fully saturated rings. The largest absolute Gasteiger partial charge is 0.316 e. The fourth-order valence-corrected chi connectivity index (χ4v) is 1.99. The Kier molecular flexibility index (Phi) is 2.84. The molecule has 0 spiro atoms. The van der Waals surface area contributed by atoms with Crippen molar-refractivity contribution in [3.8, 4) is 0 Å². The van der Waals surface area contributed by atoms with E-state index in [1.54, 1.807) is 0 Å². The standard InChI is InChI=1S/C10H18N4/c1-11-9-4-6-14(7-9)8-10-3-5-13(2)12-10/h3,5,9,11H,4,6-8H2,1-2H3. The Morgan fingerprint density at radius 2 is 2.50 bits per heavy atom. The average molecular weight is 194 g/mol. The van der Waals surface area contributed by atoms with Crippen molar-refractivity contribution in [2.75, 3.05) is 20.1 Å². The highest BCUT2D eigenvalue weighted by molar-refractivity contribution is 4.99. The second-order valence-corrected chi connectivity index (χ2v) is 3.99. The van der Waals surface area contributed by atoms with Crippen LogP contribution in [0.25, 0.3) is 0 Å². The zero-order chi connectivity index (χ0) is 9.97. The molecule has 4 heteroatoms. The van der Waals surface area contributed by atoms with Crippen molar-refractivity contribution in [2.24, 2.45) is 7.05 Å². The van der Waals surface area contributed by atoms with E-state index in [2.05, 4.69) is 21.4 Å². The summed E-state index contributed by atoms with van der Waals surface area (Å²) in [6, 6.07) is 2.76. The van der Waals surface area contributed by atoms with Crippen molar-refractivity contribution in [1.29, 1.82) is 0 Å². The van der Waals surface area contributed by atoms with Crippen molar-refractivity contribution in [3.05, 3.63) is 18.0 Å². The number of likely N-dealkylation sites (tertiary alicyclic amines) is 1. The van der Waals surface area contributed by atoms with Crippen LogP contribution in [-0.4, -0.2) is 40.9 Å². The fourth-order valence-electron chi connectivity index (χ4n) is 1.99. The maximum absolute atomic E-state index is 4.38. The molecule has 4 nitrogen and oxygen atoms in total. The summed E-state index contributed by atoms with van der Waals surface area (Å²) in [4.78, 5) is 2.45. The molecule has 0 aromatic carbocycles. The maximum atomic E-state index is 4.38. The molecule has 0 bridgehead atoms. The highest BCUT2D eigenvalue weighted by Crippen LogP contribution is 2.11. The van der Waals surface area contributed by atoms with E-state index in [-0.39, 0.29) is 0 Å². The smallest absolute Gasteiger partial charge is 0.0764 e. The van der Waals surface area contributed by atoms with Crippen LogP contribution < -0.4 is 5.32 Å². The molecule has 2 heterocycles. The van der Waals surface area contributed by atoms with Crippen LogP contribution in [0.3, 0.4) is 0 Å². The summed E-state index contributed by atoms with van der Waals surface area (Å²) in [6.45, 7) is 3.31. The van der Waals surface area contributed by atoms with Gasteiger partial charge in [0.2, 0.25) is 0 Å². The van der Waals surface area contributed by atoms with E-state index in [0.29, 0.717) is 6.04 Å². The highest BCUT2D eigenvalue weighted by atomic mass is 15.3. The number of hydrogen-bond acceptors (Lipinski definition) is 3. The topological polar surface area (TPSA) is 33.1 Å². The first-order valence-corrected chi connectivity index (χ1v) is 5.16. The van der Waals surface area contributed by atoms with E-state index >= 15 is 0 Å². The first-order valence-electron chi connectivity index (χ1n) is 5.16. The molecule has 1 aliphatic rings. The second-order valence-electron chi connectivity index (χ2n) is 3.99. The minimum atomic E-state index is 0.665. The Labute approximate surface area is 84.9 Å². The van der Waals surface area contributed by atoms with Crippen molar-refractivity contribution in [2.45, 2.75) is 19.0 Å². The van der Waals surface area contributed by atoms with Gasteiger partial charge < -0.3 is 5.32 Å². The number of aromatic nitrogens is 2. The lowest BCUT2D eigenvalue weighted by Gasteiger charge is -2.13. The first kappa shape index (κ1) is 9.68. The molecule has 0 saturated carbocycles. The van der Waals surface area contributed by atoms with Crippen LogP contribution >= 0.6 is 0 Å². The Balaban J connectivity index is 1.87. The van der Waals surface area contributed by atoms with Gasteiger partial charge in [-0.1, -0.05) is 0 Å². The number of rotatable bonds is 3. The van der Waals surface area contributed by atoms with Crippen LogP contribution in [0.5, 0.6) is 0 Å². The number of aryl methyl sites for hydroxylation is 1. The van der Waals surface area contributed by atoms with Gasteiger partial charge in [-0.2, -0.15) is 5.10 Å². The Hall–Kier alpha value is -0.870. The molecular formula is C10H18N4. The third kappa shape index (κ3) is 2.13. The lowest BCUT2D eigenvalue weighted by Crippen LogP contribution is -2.29. The predicted molar refractivity (Wildman–Crippen MR) is 55.9 cm³/mol. The zero-order valence-corrected chi connectivity index (χ0v) is 8.90. The maximum Gasteiger partial charge on any atom is 0.0764 e. The van der Waals surface area contributed by atoms with Crippen molar-refractivity contribution in [1.82, 2.24) is 20.0 Å². The summed E-state index contributed by atoms with van der Waals surface area (Å²) in [5, 5.41) is 7.70. The highest BCUT2D eigenvalue weighted by Gasteiger charge is 2.21. The summed E-state index contributed by atoms with van der Waals surface area (Å²) in [7, 11) is 4.00. The molecule has 1 N–H and O–H groups in total. The van der Waals surface area contributed by atoms with Crippen molar-refractivity contribution in [3.63, 3.8) is 0 Å². The number of likely N-dealkylation sites (N-methyl/N-ethyl adjacent to an activating group) is 1. The quantitative estimate of drug-likeness (QED) is 0.747. The van der Waals surface area contributed by atoms with E-state index in [1.807, 2.05) is 25.0 Å². The Bertz CT molecular complexity index is 294. The summed E-state index contributed by atoms with van der Waals surface area (Å²) >= 11 is 0. The molecular weight excluding hydrogens is 176 g/mol. The third-order valence-electron chi connectivity index (χ3n) is 2.84. The SMILES string of the molecule is CNC1CCN(Cc2ccn(C)n2)C1. The van der Waals surface area contributed by atoms with Gasteiger partial charge in [0.25, 0.3) is 0 Å². The van der Waals surface area contributed by atoms with Gasteiger partial charge in [0.1, 0.15) is 0 Å². The molecule has 1 atom stereocenters. The van der Waals surface area contributed by atoms with Gasteiger partial charge in [0.05, 0.1) is 5.69 Å². The zero-order valence-electron chi connectivity index (χ0n) is 8.90. The summed E-state index contributed by atoms with van der Waals surface area (Å²) in [5.41, 5.74) is 1.17. The third-order valence-corrected chi connectivity index (χ3v) is 2.84. The average Bonchev–Trinajstić information content (AvgIpc) is 2.76. The van der Waals surface area contributed by atoms with E-state index in [4.69, 9.17) is 0 Å². The lowest BCUT2D eigenvalue weighted by atomic mass is 10.3. The Morgan fingerprint density at radius 1 is 1.64 bits per heavy atom. The van der Waals surface area contributed by atoms with Crippen molar-refractivity contribution >= 4 is 0 Å². The van der Waals surface area contributed by atoms with Gasteiger partial charge in [-0.3, -0.25) is 9.58 Å². The number of nitrogens with zero attached hydrogens (tertiary/aromatic N) is 3. The summed E-state index contributed by atoms with van der Waals surface area (Å²) in [6.07, 6.45) is 3.25. The minimum absolute atomic E-state index is 0.665. The predicted octanol–water partition coefficient (Wildman–Crippen LogP) is 0.214. The molecule has 1 unspecified atom stereocenters. The monoisotopic (exact) mass is 194 g/mol. The summed E-state index contributed by atoms with van der Waals surface area (Å²) < 4.78 is 1.86. The van der Waals surface area contributed by atoms with E-state index in [1.165, 1.54) is 18.7 Å². The van der Waals surface area contributed by atoms with E-state index < -0.39 is 0 Å². The molecule has 0 amide bonds. The lowest BCUT2D eigenvalue weighted by molar-refractivity contribution is 0.317. The van der Waals surface area contributed by atoms with Crippen LogP contribution in [0, 0.1) is 0 Å². The van der Waals surface area contributed by atoms with Gasteiger partial charge >= 0.3 is 0 Å². The van der Waals surface area contributed by atoms with Crippen molar-refractivity contribution < 1.29 is 0 Å². The van der Waals surface area contributed by atoms with Crippen LogP contribution in [-0.2, 0) is 13.6 Å². The second kappa shape index (κ2) is 4.11. The fraction of sp³-hybridized carbons (Fsp3) is 0.700. The number of nitrogens with one attached hydrogen (secondary N) is 1.